The Morgan fingerprint density at radius 2 is 1.49 bits per heavy atom. The van der Waals surface area contributed by atoms with Gasteiger partial charge < -0.3 is 19.6 Å². The second-order valence-electron chi connectivity index (χ2n) is 10.0. The minimum absolute atomic E-state index is 0.00805. The van der Waals surface area contributed by atoms with Gasteiger partial charge in [0, 0.05) is 37.4 Å². The van der Waals surface area contributed by atoms with Crippen LogP contribution in [0.2, 0.25) is 0 Å². The summed E-state index contributed by atoms with van der Waals surface area (Å²) in [5, 5.41) is 0. The number of carbonyl (C=O) groups is 3. The molecule has 7 nitrogen and oxygen atoms in total. The molecule has 3 fully saturated rings. The first-order chi connectivity index (χ1) is 17.0. The third-order valence-corrected chi connectivity index (χ3v) is 7.79. The molecule has 7 heteroatoms. The molecule has 0 unspecified atom stereocenters. The number of likely N-dealkylation sites (tertiary alicyclic amines) is 2. The van der Waals surface area contributed by atoms with Gasteiger partial charge in [-0.3, -0.25) is 14.4 Å². The van der Waals surface area contributed by atoms with E-state index in [0.717, 1.165) is 43.6 Å². The van der Waals surface area contributed by atoms with Crippen molar-refractivity contribution >= 4 is 23.4 Å². The minimum atomic E-state index is -0.729. The molecule has 2 aromatic carbocycles. The summed E-state index contributed by atoms with van der Waals surface area (Å²) in [4.78, 5) is 47.6. The lowest BCUT2D eigenvalue weighted by Crippen LogP contribution is -2.57. The fraction of sp³-hybridized carbons (Fsp3) is 0.464. The number of aryl methyl sites for hydroxylation is 1. The number of piperidine rings is 2. The number of benzene rings is 2. The van der Waals surface area contributed by atoms with Gasteiger partial charge in [0.2, 0.25) is 5.91 Å². The van der Waals surface area contributed by atoms with Gasteiger partial charge in [-0.2, -0.15) is 0 Å². The first-order valence-electron chi connectivity index (χ1n) is 12.7. The van der Waals surface area contributed by atoms with Crippen molar-refractivity contribution in [3.8, 4) is 0 Å². The number of hydrogen-bond acceptors (Lipinski definition) is 4. The molecule has 3 aliphatic heterocycles. The number of anilines is 1. The van der Waals surface area contributed by atoms with E-state index in [1.807, 2.05) is 71.3 Å². The van der Waals surface area contributed by atoms with Crippen molar-refractivity contribution in [2.75, 3.05) is 44.3 Å². The van der Waals surface area contributed by atoms with E-state index >= 15 is 0 Å². The predicted molar refractivity (Wildman–Crippen MR) is 135 cm³/mol. The number of amides is 3. The molecule has 3 amide bonds. The van der Waals surface area contributed by atoms with Crippen molar-refractivity contribution in [1.82, 2.24) is 14.7 Å². The average molecular weight is 475 g/mol. The van der Waals surface area contributed by atoms with E-state index in [4.69, 9.17) is 0 Å². The quantitative estimate of drug-likeness (QED) is 0.682. The van der Waals surface area contributed by atoms with Gasteiger partial charge in [0.25, 0.3) is 11.8 Å². The van der Waals surface area contributed by atoms with Crippen LogP contribution >= 0.6 is 0 Å². The van der Waals surface area contributed by atoms with Crippen molar-refractivity contribution in [3.05, 3.63) is 65.7 Å². The van der Waals surface area contributed by atoms with E-state index in [1.54, 1.807) is 4.90 Å². The molecule has 0 atom stereocenters. The molecule has 0 bridgehead atoms. The molecule has 35 heavy (non-hydrogen) atoms. The van der Waals surface area contributed by atoms with Crippen molar-refractivity contribution in [3.63, 3.8) is 0 Å². The van der Waals surface area contributed by atoms with Gasteiger partial charge in [0.15, 0.2) is 0 Å². The largest absolute Gasteiger partial charge is 0.341 e. The lowest BCUT2D eigenvalue weighted by atomic mass is 9.85. The second kappa shape index (κ2) is 9.72. The molecule has 0 N–H and O–H groups in total. The molecule has 5 rings (SSSR count). The van der Waals surface area contributed by atoms with Crippen molar-refractivity contribution < 1.29 is 14.4 Å². The molecule has 3 saturated heterocycles. The Kier molecular flexibility index (Phi) is 6.50. The highest BCUT2D eigenvalue weighted by Gasteiger charge is 2.54. The maximum Gasteiger partial charge on any atom is 0.253 e. The van der Waals surface area contributed by atoms with Crippen LogP contribution in [0.5, 0.6) is 0 Å². The predicted octanol–water partition coefficient (Wildman–Crippen LogP) is 3.29. The van der Waals surface area contributed by atoms with Gasteiger partial charge in [0.1, 0.15) is 12.1 Å². The maximum absolute atomic E-state index is 13.9. The third-order valence-electron chi connectivity index (χ3n) is 7.79. The summed E-state index contributed by atoms with van der Waals surface area (Å²) >= 11 is 0. The Morgan fingerprint density at radius 1 is 0.829 bits per heavy atom. The normalized spacial score (nSPS) is 20.0. The summed E-state index contributed by atoms with van der Waals surface area (Å²) in [6.07, 6.45) is 4.32. The summed E-state index contributed by atoms with van der Waals surface area (Å²) in [5.74, 6) is 0.0536. The van der Waals surface area contributed by atoms with Crippen LogP contribution in [0.4, 0.5) is 5.69 Å². The zero-order valence-corrected chi connectivity index (χ0v) is 20.5. The first kappa shape index (κ1) is 23.4. The van der Waals surface area contributed by atoms with Gasteiger partial charge in [0.05, 0.1) is 6.67 Å². The molecule has 2 aromatic rings. The van der Waals surface area contributed by atoms with Crippen LogP contribution in [0.3, 0.4) is 0 Å². The van der Waals surface area contributed by atoms with Gasteiger partial charge in [-0.15, -0.1) is 0 Å². The van der Waals surface area contributed by atoms with Crippen molar-refractivity contribution in [1.29, 1.82) is 0 Å². The Bertz CT molecular complexity index is 1070. The van der Waals surface area contributed by atoms with Crippen LogP contribution in [0.25, 0.3) is 0 Å². The highest BCUT2D eigenvalue weighted by molar-refractivity contribution is 5.97. The first-order valence-corrected chi connectivity index (χ1v) is 12.7. The van der Waals surface area contributed by atoms with E-state index in [9.17, 15) is 14.4 Å². The molecular formula is C28H34N4O3. The Hall–Kier alpha value is -3.35. The molecule has 1 spiro atoms. The van der Waals surface area contributed by atoms with Crippen LogP contribution in [-0.2, 0) is 9.59 Å². The SMILES string of the molecule is Cc1ccc(C(=O)N2CCC3(CC2)C(=O)N(CC(=O)N2CCCCC2)CN3c2ccccc2)cc1. The Balaban J connectivity index is 1.34. The molecule has 0 aliphatic carbocycles. The maximum atomic E-state index is 13.9. The van der Waals surface area contributed by atoms with Gasteiger partial charge >= 0.3 is 0 Å². The molecular weight excluding hydrogens is 440 g/mol. The van der Waals surface area contributed by atoms with Crippen LogP contribution in [0.15, 0.2) is 54.6 Å². The Labute approximate surface area is 207 Å². The van der Waals surface area contributed by atoms with Crippen LogP contribution < -0.4 is 4.90 Å². The van der Waals surface area contributed by atoms with Crippen molar-refractivity contribution in [2.45, 2.75) is 44.6 Å². The molecule has 3 aliphatic rings. The van der Waals surface area contributed by atoms with Crippen LogP contribution in [0, 0.1) is 6.92 Å². The molecule has 0 aromatic heterocycles. The standard InChI is InChI=1S/C28H34N4O3/c1-22-10-12-23(13-11-22)26(34)30-18-14-28(15-19-30)27(35)31(20-25(33)29-16-6-3-7-17-29)21-32(28)24-8-4-2-5-9-24/h2,4-5,8-13H,3,6-7,14-21H2,1H3. The van der Waals surface area contributed by atoms with E-state index in [0.29, 0.717) is 38.2 Å². The zero-order chi connectivity index (χ0) is 24.4. The lowest BCUT2D eigenvalue weighted by Gasteiger charge is -2.43. The molecule has 3 heterocycles. The lowest BCUT2D eigenvalue weighted by molar-refractivity contribution is -0.141. The van der Waals surface area contributed by atoms with E-state index in [-0.39, 0.29) is 24.3 Å². The number of para-hydroxylation sites is 1. The van der Waals surface area contributed by atoms with Gasteiger partial charge in [-0.25, -0.2) is 0 Å². The van der Waals surface area contributed by atoms with E-state index < -0.39 is 5.54 Å². The monoisotopic (exact) mass is 474 g/mol. The zero-order valence-electron chi connectivity index (χ0n) is 20.5. The van der Waals surface area contributed by atoms with E-state index in [2.05, 4.69) is 4.90 Å². The smallest absolute Gasteiger partial charge is 0.253 e. The topological polar surface area (TPSA) is 64.2 Å². The fourth-order valence-corrected chi connectivity index (χ4v) is 5.69. The Morgan fingerprint density at radius 3 is 2.14 bits per heavy atom. The average Bonchev–Trinajstić information content (AvgIpc) is 3.16. The summed E-state index contributed by atoms with van der Waals surface area (Å²) in [6, 6.07) is 17.6. The number of hydrogen-bond donors (Lipinski definition) is 0. The number of carbonyl (C=O) groups excluding carboxylic acids is 3. The second-order valence-corrected chi connectivity index (χ2v) is 10.0. The third kappa shape index (κ3) is 4.51. The highest BCUT2D eigenvalue weighted by Crippen LogP contribution is 2.39. The number of rotatable bonds is 4. The van der Waals surface area contributed by atoms with Crippen molar-refractivity contribution in [2.24, 2.45) is 0 Å². The highest BCUT2D eigenvalue weighted by atomic mass is 16.2. The molecule has 0 radical (unpaired) electrons. The summed E-state index contributed by atoms with van der Waals surface area (Å²) in [6.45, 7) is 5.11. The molecule has 0 saturated carbocycles. The minimum Gasteiger partial charge on any atom is -0.341 e. The summed E-state index contributed by atoms with van der Waals surface area (Å²) in [5.41, 5.74) is 2.05. The van der Waals surface area contributed by atoms with E-state index in [1.165, 1.54) is 0 Å². The molecule has 184 valence electrons. The van der Waals surface area contributed by atoms with Crippen LogP contribution in [0.1, 0.15) is 48.0 Å². The van der Waals surface area contributed by atoms with Gasteiger partial charge in [-0.1, -0.05) is 35.9 Å². The summed E-state index contributed by atoms with van der Waals surface area (Å²) in [7, 11) is 0. The van der Waals surface area contributed by atoms with Gasteiger partial charge in [-0.05, 0) is 63.3 Å². The fourth-order valence-electron chi connectivity index (χ4n) is 5.69. The number of nitrogens with zero attached hydrogens (tertiary/aromatic N) is 4. The van der Waals surface area contributed by atoms with Crippen LogP contribution in [-0.4, -0.2) is 77.4 Å². The summed E-state index contributed by atoms with van der Waals surface area (Å²) < 4.78 is 0.